The van der Waals surface area contributed by atoms with Crippen LogP contribution in [0.25, 0.3) is 0 Å². The smallest absolute Gasteiger partial charge is 0.276 e. The van der Waals surface area contributed by atoms with Gasteiger partial charge in [-0.05, 0) is 56.7 Å². The van der Waals surface area contributed by atoms with E-state index < -0.39 is 10.0 Å². The van der Waals surface area contributed by atoms with Gasteiger partial charge in [-0.3, -0.25) is 0 Å². The number of sulfonamides is 1. The molecule has 0 atom stereocenters. The van der Waals surface area contributed by atoms with Crippen LogP contribution in [0.15, 0.2) is 82.8 Å². The second-order valence-corrected chi connectivity index (χ2v) is 10.9. The Morgan fingerprint density at radius 2 is 1.22 bits per heavy atom. The van der Waals surface area contributed by atoms with Crippen LogP contribution >= 0.6 is 0 Å². The number of nitrogens with zero attached hydrogens (tertiary/aromatic N) is 1. The maximum atomic E-state index is 12.8. The van der Waals surface area contributed by atoms with Crippen molar-refractivity contribution < 1.29 is 13.2 Å². The zero-order valence-electron chi connectivity index (χ0n) is 21.7. The highest BCUT2D eigenvalue weighted by molar-refractivity contribution is 7.89. The van der Waals surface area contributed by atoms with Gasteiger partial charge in [0.1, 0.15) is 5.75 Å². The molecule has 1 N–H and O–H groups in total. The second-order valence-electron chi connectivity index (χ2n) is 9.23. The summed E-state index contributed by atoms with van der Waals surface area (Å²) < 4.78 is 31.6. The topological polar surface area (TPSA) is 67.8 Å². The largest absolute Gasteiger partial charge is 0.494 e. The maximum Gasteiger partial charge on any atom is 0.276 e. The molecular weight excluding hydrogens is 468 g/mol. The predicted molar refractivity (Wildman–Crippen MR) is 148 cm³/mol. The summed E-state index contributed by atoms with van der Waals surface area (Å²) in [5, 5.41) is 4.35. The third-order valence-electron chi connectivity index (χ3n) is 6.08. The lowest BCUT2D eigenvalue weighted by atomic mass is 10.0. The van der Waals surface area contributed by atoms with Crippen molar-refractivity contribution in [2.75, 3.05) is 6.61 Å². The number of aryl methyl sites for hydroxylation is 2. The van der Waals surface area contributed by atoms with Gasteiger partial charge in [0.15, 0.2) is 0 Å². The molecule has 0 radical (unpaired) electrons. The molecule has 0 bridgehead atoms. The summed E-state index contributed by atoms with van der Waals surface area (Å²) in [6, 6.07) is 22.2. The quantitative estimate of drug-likeness (QED) is 0.143. The number of hydrogen-bond donors (Lipinski definition) is 1. The molecule has 3 aromatic rings. The molecule has 36 heavy (non-hydrogen) atoms. The standard InChI is InChI=1S/C30H38N2O3S/c1-4-5-6-7-8-9-10-23-35-28-19-17-27(18-20-28)30(26-15-11-24(2)12-16-26)31-32-36(33,34)29-21-13-25(3)14-22-29/h11-22,32H,4-10,23H2,1-3H3/b31-30-. The summed E-state index contributed by atoms with van der Waals surface area (Å²) in [6.07, 6.45) is 8.72. The molecule has 0 amide bonds. The minimum absolute atomic E-state index is 0.175. The molecule has 0 aliphatic rings. The van der Waals surface area contributed by atoms with Crippen molar-refractivity contribution >= 4 is 15.7 Å². The molecule has 0 aliphatic heterocycles. The zero-order chi connectivity index (χ0) is 25.8. The molecule has 0 unspecified atom stereocenters. The van der Waals surface area contributed by atoms with Gasteiger partial charge >= 0.3 is 0 Å². The molecule has 0 aliphatic carbocycles. The van der Waals surface area contributed by atoms with Gasteiger partial charge in [-0.1, -0.05) is 93.0 Å². The van der Waals surface area contributed by atoms with Crippen LogP contribution in [-0.4, -0.2) is 20.7 Å². The van der Waals surface area contributed by atoms with Crippen molar-refractivity contribution in [3.05, 3.63) is 95.1 Å². The van der Waals surface area contributed by atoms with Crippen molar-refractivity contribution in [3.63, 3.8) is 0 Å². The fourth-order valence-corrected chi connectivity index (χ4v) is 4.65. The minimum Gasteiger partial charge on any atom is -0.494 e. The number of hydrogen-bond acceptors (Lipinski definition) is 4. The number of unbranched alkanes of at least 4 members (excludes halogenated alkanes) is 6. The summed E-state index contributed by atoms with van der Waals surface area (Å²) in [5.41, 5.74) is 4.28. The average molecular weight is 507 g/mol. The van der Waals surface area contributed by atoms with E-state index in [0.29, 0.717) is 12.3 Å². The lowest BCUT2D eigenvalue weighted by Crippen LogP contribution is -2.21. The molecule has 6 heteroatoms. The highest BCUT2D eigenvalue weighted by atomic mass is 32.2. The van der Waals surface area contributed by atoms with Gasteiger partial charge in [0.25, 0.3) is 10.0 Å². The van der Waals surface area contributed by atoms with Crippen molar-refractivity contribution in [2.24, 2.45) is 5.10 Å². The Hall–Kier alpha value is -3.12. The van der Waals surface area contributed by atoms with E-state index in [-0.39, 0.29) is 4.90 Å². The number of ether oxygens (including phenoxy) is 1. The van der Waals surface area contributed by atoms with Crippen LogP contribution < -0.4 is 9.57 Å². The minimum atomic E-state index is -3.79. The van der Waals surface area contributed by atoms with E-state index in [9.17, 15) is 8.42 Å². The van der Waals surface area contributed by atoms with Crippen molar-refractivity contribution in [1.29, 1.82) is 0 Å². The van der Waals surface area contributed by atoms with Gasteiger partial charge in [0.2, 0.25) is 0 Å². The maximum absolute atomic E-state index is 12.8. The van der Waals surface area contributed by atoms with E-state index in [0.717, 1.165) is 34.4 Å². The Balaban J connectivity index is 1.69. The first-order valence-electron chi connectivity index (χ1n) is 12.9. The SMILES string of the molecule is CCCCCCCCCOc1ccc(/C(=N\NS(=O)(=O)c2ccc(C)cc2)c2ccc(C)cc2)cc1. The van der Waals surface area contributed by atoms with Gasteiger partial charge in [-0.25, -0.2) is 0 Å². The van der Waals surface area contributed by atoms with Crippen molar-refractivity contribution in [2.45, 2.75) is 70.6 Å². The Kier molecular flexibility index (Phi) is 10.6. The van der Waals surface area contributed by atoms with Gasteiger partial charge in [0.05, 0.1) is 17.2 Å². The van der Waals surface area contributed by atoms with E-state index in [2.05, 4.69) is 16.9 Å². The summed E-state index contributed by atoms with van der Waals surface area (Å²) >= 11 is 0. The Bertz CT molecular complexity index is 1200. The van der Waals surface area contributed by atoms with Crippen LogP contribution in [0.1, 0.15) is 74.1 Å². The number of nitrogens with one attached hydrogen (secondary N) is 1. The molecule has 0 heterocycles. The first-order valence-corrected chi connectivity index (χ1v) is 14.3. The third-order valence-corrected chi connectivity index (χ3v) is 7.30. The van der Waals surface area contributed by atoms with E-state index in [1.54, 1.807) is 24.3 Å². The Morgan fingerprint density at radius 3 is 1.81 bits per heavy atom. The van der Waals surface area contributed by atoms with Gasteiger partial charge in [-0.15, -0.1) is 0 Å². The van der Waals surface area contributed by atoms with Crippen molar-refractivity contribution in [3.8, 4) is 5.75 Å². The predicted octanol–water partition coefficient (Wildman–Crippen LogP) is 7.16. The Labute approximate surface area is 216 Å². The number of rotatable bonds is 14. The average Bonchev–Trinajstić information content (AvgIpc) is 2.88. The molecule has 0 spiro atoms. The lowest BCUT2D eigenvalue weighted by Gasteiger charge is -2.11. The first kappa shape index (κ1) is 27.5. The first-order chi connectivity index (χ1) is 17.4. The summed E-state index contributed by atoms with van der Waals surface area (Å²) in [4.78, 5) is 2.59. The van der Waals surface area contributed by atoms with Crippen LogP contribution in [-0.2, 0) is 10.0 Å². The van der Waals surface area contributed by atoms with E-state index in [4.69, 9.17) is 4.74 Å². The van der Waals surface area contributed by atoms with Crippen LogP contribution in [0.4, 0.5) is 0 Å². The molecule has 192 valence electrons. The summed E-state index contributed by atoms with van der Waals surface area (Å²) in [7, 11) is -3.79. The van der Waals surface area contributed by atoms with Crippen molar-refractivity contribution in [1.82, 2.24) is 4.83 Å². The van der Waals surface area contributed by atoms with Crippen LogP contribution in [0.5, 0.6) is 5.75 Å². The van der Waals surface area contributed by atoms with Crippen LogP contribution in [0.3, 0.4) is 0 Å². The van der Waals surface area contributed by atoms with Gasteiger partial charge < -0.3 is 4.74 Å². The highest BCUT2D eigenvalue weighted by Gasteiger charge is 2.15. The zero-order valence-corrected chi connectivity index (χ0v) is 22.5. The normalized spacial score (nSPS) is 11.9. The molecule has 5 nitrogen and oxygen atoms in total. The molecule has 3 rings (SSSR count). The molecular formula is C30H38N2O3S. The van der Waals surface area contributed by atoms with Gasteiger partial charge in [-0.2, -0.15) is 18.4 Å². The number of hydrazone groups is 1. The highest BCUT2D eigenvalue weighted by Crippen LogP contribution is 2.18. The van der Waals surface area contributed by atoms with Gasteiger partial charge in [0, 0.05) is 11.1 Å². The fraction of sp³-hybridized carbons (Fsp3) is 0.367. The second kappa shape index (κ2) is 13.8. The number of benzene rings is 3. The van der Waals surface area contributed by atoms with E-state index in [1.165, 1.54) is 38.5 Å². The van der Waals surface area contributed by atoms with Crippen LogP contribution in [0, 0.1) is 13.8 Å². The lowest BCUT2D eigenvalue weighted by molar-refractivity contribution is 0.304. The molecule has 0 saturated heterocycles. The molecule has 0 fully saturated rings. The molecule has 0 saturated carbocycles. The van der Waals surface area contributed by atoms with E-state index >= 15 is 0 Å². The summed E-state index contributed by atoms with van der Waals surface area (Å²) in [6.45, 7) is 6.86. The van der Waals surface area contributed by atoms with Crippen LogP contribution in [0.2, 0.25) is 0 Å². The fourth-order valence-electron chi connectivity index (χ4n) is 3.84. The Morgan fingerprint density at radius 1 is 0.722 bits per heavy atom. The molecule has 3 aromatic carbocycles. The monoisotopic (exact) mass is 506 g/mol. The van der Waals surface area contributed by atoms with E-state index in [1.807, 2.05) is 62.4 Å². The third kappa shape index (κ3) is 8.52. The molecule has 0 aromatic heterocycles. The summed E-state index contributed by atoms with van der Waals surface area (Å²) in [5.74, 6) is 0.799.